The number of esters is 4. The Hall–Kier alpha value is -2.20. The quantitative estimate of drug-likeness (QED) is 0.0333. The third-order valence-corrected chi connectivity index (χ3v) is 13.3. The summed E-state index contributed by atoms with van der Waals surface area (Å²) >= 11 is 0. The Balaban J connectivity index is 2.56. The van der Waals surface area contributed by atoms with Crippen LogP contribution in [0.5, 0.6) is 0 Å². The normalized spacial score (nSPS) is 15.9. The van der Waals surface area contributed by atoms with Crippen LogP contribution in [0.4, 0.5) is 0 Å². The fourth-order valence-electron chi connectivity index (χ4n) is 8.67. The van der Waals surface area contributed by atoms with E-state index in [2.05, 4.69) is 25.7 Å². The van der Waals surface area contributed by atoms with E-state index in [9.17, 15) is 19.2 Å². The molecule has 0 aromatic heterocycles. The number of carbonyl (C=O) groups excluding carboxylic acids is 4. The molecule has 0 radical (unpaired) electrons. The van der Waals surface area contributed by atoms with Crippen LogP contribution >= 0.6 is 0 Å². The summed E-state index contributed by atoms with van der Waals surface area (Å²) in [4.78, 5) is 56.6. The molecule has 0 saturated carbocycles. The highest BCUT2D eigenvalue weighted by molar-refractivity contribution is 5.77. The van der Waals surface area contributed by atoms with E-state index in [0.717, 1.165) is 83.5 Å². The van der Waals surface area contributed by atoms with Crippen molar-refractivity contribution < 1.29 is 38.1 Å². The van der Waals surface area contributed by atoms with Crippen molar-refractivity contribution in [2.45, 2.75) is 266 Å². The van der Waals surface area contributed by atoms with Crippen LogP contribution in [-0.2, 0) is 38.1 Å². The van der Waals surface area contributed by atoms with Crippen molar-refractivity contribution in [3.63, 3.8) is 0 Å². The number of hydrogen-bond acceptors (Lipinski definition) is 10. The van der Waals surface area contributed by atoms with Crippen LogP contribution in [0.25, 0.3) is 0 Å². The SMILES string of the molecule is CCCCCCCCCCCOC(=O)C(C)(C)CCCCN1C[C@@H](OC(=O)CCN(C)C)C[C@H]1C(=O)OCCCCCCC(C)(C)C(=O)OC(CCCCCCC)CCCCCCC. The molecule has 0 aliphatic carbocycles. The standard InChI is InChI=1S/C54H102N2O8/c1-10-13-16-19-20-21-22-26-34-43-62-51(59)53(4,5)39-31-32-40-56-45-47(63-49(57)37-41-55(8)9)44-48(56)50(58)61-42-33-27-25-30-38-54(6,7)52(60)64-46(35-28-23-17-14-11-2)36-29-24-18-15-12-3/h46-48H,10-45H2,1-9H3/t47-,48-/m0/s1. The zero-order valence-electron chi connectivity index (χ0n) is 43.3. The van der Waals surface area contributed by atoms with Crippen molar-refractivity contribution in [1.82, 2.24) is 9.80 Å². The third-order valence-electron chi connectivity index (χ3n) is 13.3. The van der Waals surface area contributed by atoms with Gasteiger partial charge >= 0.3 is 23.9 Å². The Kier molecular flexibility index (Phi) is 34.5. The molecule has 376 valence electrons. The topological polar surface area (TPSA) is 112 Å². The lowest BCUT2D eigenvalue weighted by Gasteiger charge is -2.27. The largest absolute Gasteiger partial charge is 0.465 e. The summed E-state index contributed by atoms with van der Waals surface area (Å²) < 4.78 is 23.6. The fraction of sp³-hybridized carbons (Fsp3) is 0.926. The van der Waals surface area contributed by atoms with Crippen molar-refractivity contribution >= 4 is 23.9 Å². The van der Waals surface area contributed by atoms with E-state index in [0.29, 0.717) is 52.1 Å². The lowest BCUT2D eigenvalue weighted by molar-refractivity contribution is -0.161. The first kappa shape index (κ1) is 59.8. The molecular formula is C54H102N2O8. The van der Waals surface area contributed by atoms with Gasteiger partial charge in [-0.25, -0.2) is 0 Å². The molecule has 0 aromatic rings. The predicted octanol–water partition coefficient (Wildman–Crippen LogP) is 13.3. The summed E-state index contributed by atoms with van der Waals surface area (Å²) in [6, 6.07) is -0.468. The van der Waals surface area contributed by atoms with E-state index < -0.39 is 16.9 Å². The van der Waals surface area contributed by atoms with Crippen molar-refractivity contribution in [2.24, 2.45) is 10.8 Å². The minimum Gasteiger partial charge on any atom is -0.465 e. The van der Waals surface area contributed by atoms with Gasteiger partial charge in [0.15, 0.2) is 0 Å². The van der Waals surface area contributed by atoms with Gasteiger partial charge < -0.3 is 23.8 Å². The minimum atomic E-state index is -0.574. The first-order chi connectivity index (χ1) is 30.7. The van der Waals surface area contributed by atoms with Crippen LogP contribution < -0.4 is 0 Å². The van der Waals surface area contributed by atoms with Gasteiger partial charge in [-0.2, -0.15) is 0 Å². The van der Waals surface area contributed by atoms with Gasteiger partial charge in [0.25, 0.3) is 0 Å². The number of rotatable bonds is 42. The molecule has 2 atom stereocenters. The van der Waals surface area contributed by atoms with E-state index in [4.69, 9.17) is 18.9 Å². The number of nitrogens with zero attached hydrogens (tertiary/aromatic N) is 2. The maximum absolute atomic E-state index is 13.5. The van der Waals surface area contributed by atoms with Gasteiger partial charge in [-0.15, -0.1) is 0 Å². The molecule has 0 bridgehead atoms. The maximum Gasteiger partial charge on any atom is 0.323 e. The van der Waals surface area contributed by atoms with E-state index in [1.807, 2.05) is 46.7 Å². The van der Waals surface area contributed by atoms with Gasteiger partial charge in [0.1, 0.15) is 18.2 Å². The van der Waals surface area contributed by atoms with Crippen LogP contribution in [0.1, 0.15) is 248 Å². The molecule has 10 heteroatoms. The van der Waals surface area contributed by atoms with Gasteiger partial charge in [-0.05, 0) is 106 Å². The highest BCUT2D eigenvalue weighted by Gasteiger charge is 2.39. The third kappa shape index (κ3) is 29.4. The molecule has 0 amide bonds. The van der Waals surface area contributed by atoms with Crippen LogP contribution in [0.3, 0.4) is 0 Å². The average molecular weight is 907 g/mol. The molecule has 1 saturated heterocycles. The summed E-state index contributed by atoms with van der Waals surface area (Å²) in [6.07, 6.45) is 32.2. The van der Waals surface area contributed by atoms with E-state index in [1.165, 1.54) is 96.3 Å². The van der Waals surface area contributed by atoms with Crippen molar-refractivity contribution in [3.8, 4) is 0 Å². The molecule has 0 spiro atoms. The Labute approximate surface area is 394 Å². The fourth-order valence-corrected chi connectivity index (χ4v) is 8.67. The second kappa shape index (κ2) is 36.9. The average Bonchev–Trinajstić information content (AvgIpc) is 3.66. The minimum absolute atomic E-state index is 0.0211. The Morgan fingerprint density at radius 2 is 1.03 bits per heavy atom. The zero-order valence-corrected chi connectivity index (χ0v) is 43.3. The van der Waals surface area contributed by atoms with Gasteiger partial charge in [0.2, 0.25) is 0 Å². The highest BCUT2D eigenvalue weighted by atomic mass is 16.6. The summed E-state index contributed by atoms with van der Waals surface area (Å²) in [7, 11) is 3.85. The Morgan fingerprint density at radius 3 is 1.56 bits per heavy atom. The molecule has 0 N–H and O–H groups in total. The van der Waals surface area contributed by atoms with E-state index in [-0.39, 0.29) is 36.1 Å². The van der Waals surface area contributed by atoms with Crippen molar-refractivity contribution in [3.05, 3.63) is 0 Å². The van der Waals surface area contributed by atoms with Gasteiger partial charge in [-0.1, -0.05) is 149 Å². The molecule has 0 unspecified atom stereocenters. The lowest BCUT2D eigenvalue weighted by Crippen LogP contribution is -2.38. The second-order valence-electron chi connectivity index (χ2n) is 20.9. The molecule has 1 aliphatic heterocycles. The molecule has 64 heavy (non-hydrogen) atoms. The zero-order chi connectivity index (χ0) is 47.5. The van der Waals surface area contributed by atoms with Crippen LogP contribution in [0.2, 0.25) is 0 Å². The number of carbonyl (C=O) groups is 4. The number of hydrogen-bond donors (Lipinski definition) is 0. The molecule has 1 fully saturated rings. The maximum atomic E-state index is 13.5. The molecular weight excluding hydrogens is 805 g/mol. The van der Waals surface area contributed by atoms with Crippen LogP contribution in [0, 0.1) is 10.8 Å². The summed E-state index contributed by atoms with van der Waals surface area (Å²) in [5.74, 6) is -0.716. The van der Waals surface area contributed by atoms with E-state index >= 15 is 0 Å². The molecule has 10 nitrogen and oxygen atoms in total. The number of unbranched alkanes of at least 4 members (excludes halogenated alkanes) is 20. The highest BCUT2D eigenvalue weighted by Crippen LogP contribution is 2.30. The predicted molar refractivity (Wildman–Crippen MR) is 263 cm³/mol. The first-order valence-electron chi connectivity index (χ1n) is 26.8. The monoisotopic (exact) mass is 907 g/mol. The number of likely N-dealkylation sites (tertiary alicyclic amines) is 1. The van der Waals surface area contributed by atoms with E-state index in [1.54, 1.807) is 0 Å². The molecule has 1 aliphatic rings. The molecule has 1 rings (SSSR count). The lowest BCUT2D eigenvalue weighted by atomic mass is 9.86. The van der Waals surface area contributed by atoms with Crippen LogP contribution in [0.15, 0.2) is 0 Å². The number of ether oxygens (including phenoxy) is 4. The second-order valence-corrected chi connectivity index (χ2v) is 20.9. The van der Waals surface area contributed by atoms with Gasteiger partial charge in [-0.3, -0.25) is 24.1 Å². The molecule has 0 aromatic carbocycles. The first-order valence-corrected chi connectivity index (χ1v) is 26.8. The Bertz CT molecular complexity index is 1190. The molecule has 1 heterocycles. The summed E-state index contributed by atoms with van der Waals surface area (Å²) in [5, 5.41) is 0. The summed E-state index contributed by atoms with van der Waals surface area (Å²) in [6.45, 7) is 17.3. The van der Waals surface area contributed by atoms with Crippen molar-refractivity contribution in [1.29, 1.82) is 0 Å². The van der Waals surface area contributed by atoms with Gasteiger partial charge in [0.05, 0.1) is 30.5 Å². The van der Waals surface area contributed by atoms with Crippen molar-refractivity contribution in [2.75, 3.05) is 46.9 Å². The van der Waals surface area contributed by atoms with Crippen LogP contribution in [-0.4, -0.2) is 98.9 Å². The smallest absolute Gasteiger partial charge is 0.323 e. The summed E-state index contributed by atoms with van der Waals surface area (Å²) in [5.41, 5.74) is -1.10. The van der Waals surface area contributed by atoms with Gasteiger partial charge in [0, 0.05) is 19.5 Å². The Morgan fingerprint density at radius 1 is 0.578 bits per heavy atom.